The van der Waals surface area contributed by atoms with Crippen LogP contribution in [-0.2, 0) is 4.79 Å². The molecule has 0 spiro atoms. The second-order valence-electron chi connectivity index (χ2n) is 6.29. The summed E-state index contributed by atoms with van der Waals surface area (Å²) in [6.45, 7) is 3.21. The Hall–Kier alpha value is -3.09. The predicted octanol–water partition coefficient (Wildman–Crippen LogP) is 4.67. The number of amides is 2. The van der Waals surface area contributed by atoms with E-state index in [-0.39, 0.29) is 5.70 Å². The van der Waals surface area contributed by atoms with Crippen molar-refractivity contribution < 1.29 is 22.8 Å². The highest BCUT2D eigenvalue weighted by Gasteiger charge is 2.47. The molecule has 4 nitrogen and oxygen atoms in total. The molecular formula is C20H17F3N2O2. The molecule has 0 radical (unpaired) electrons. The summed E-state index contributed by atoms with van der Waals surface area (Å²) >= 11 is 0. The van der Waals surface area contributed by atoms with Crippen LogP contribution in [0.4, 0.5) is 23.7 Å². The molecule has 2 aromatic rings. The van der Waals surface area contributed by atoms with Crippen LogP contribution >= 0.6 is 0 Å². The predicted molar refractivity (Wildman–Crippen MR) is 95.1 cm³/mol. The molecule has 1 aliphatic heterocycles. The molecule has 0 aromatic heterocycles. The van der Waals surface area contributed by atoms with Gasteiger partial charge in [-0.15, -0.1) is 0 Å². The fourth-order valence-corrected chi connectivity index (χ4v) is 3.09. The lowest BCUT2D eigenvalue weighted by atomic mass is 9.91. The minimum absolute atomic E-state index is 0.0428. The van der Waals surface area contributed by atoms with Gasteiger partial charge in [0.05, 0.1) is 17.3 Å². The van der Waals surface area contributed by atoms with E-state index in [1.807, 2.05) is 6.92 Å². The van der Waals surface area contributed by atoms with Crippen LogP contribution in [0.15, 0.2) is 65.9 Å². The van der Waals surface area contributed by atoms with E-state index in [2.05, 4.69) is 5.32 Å². The van der Waals surface area contributed by atoms with Crippen molar-refractivity contribution >= 4 is 17.5 Å². The van der Waals surface area contributed by atoms with Gasteiger partial charge in [0.1, 0.15) is 0 Å². The molecule has 140 valence electrons. The number of nitrogens with zero attached hydrogens (tertiary/aromatic N) is 1. The zero-order valence-corrected chi connectivity index (χ0v) is 14.7. The van der Waals surface area contributed by atoms with Gasteiger partial charge in [-0.2, -0.15) is 13.2 Å². The van der Waals surface area contributed by atoms with Gasteiger partial charge in [0.2, 0.25) is 0 Å². The number of alkyl halides is 3. The largest absolute Gasteiger partial charge is 0.454 e. The van der Waals surface area contributed by atoms with E-state index in [4.69, 9.17) is 0 Å². The van der Waals surface area contributed by atoms with Crippen LogP contribution < -0.4 is 10.2 Å². The van der Waals surface area contributed by atoms with Gasteiger partial charge in [-0.25, -0.2) is 4.79 Å². The van der Waals surface area contributed by atoms with Crippen LogP contribution in [0.2, 0.25) is 0 Å². The van der Waals surface area contributed by atoms with Crippen molar-refractivity contribution in [3.05, 3.63) is 77.0 Å². The third-order valence-electron chi connectivity index (χ3n) is 4.41. The highest BCUT2D eigenvalue weighted by Crippen LogP contribution is 2.37. The Morgan fingerprint density at radius 1 is 1.00 bits per heavy atom. The van der Waals surface area contributed by atoms with E-state index >= 15 is 0 Å². The molecule has 0 aliphatic carbocycles. The third-order valence-corrected chi connectivity index (χ3v) is 4.41. The number of urea groups is 1. The number of Topliss-reactive ketones (excluding diaryl/α,β-unsaturated/α-hetero) is 1. The monoisotopic (exact) mass is 374 g/mol. The first-order valence-electron chi connectivity index (χ1n) is 8.24. The summed E-state index contributed by atoms with van der Waals surface area (Å²) in [5.41, 5.74) is 1.19. The van der Waals surface area contributed by atoms with Crippen molar-refractivity contribution in [2.24, 2.45) is 0 Å². The van der Waals surface area contributed by atoms with E-state index in [0.717, 1.165) is 10.5 Å². The van der Waals surface area contributed by atoms with Crippen molar-refractivity contribution in [1.29, 1.82) is 0 Å². The Bertz CT molecular complexity index is 903. The van der Waals surface area contributed by atoms with Crippen LogP contribution in [0.25, 0.3) is 0 Å². The number of hydrogen-bond donors (Lipinski definition) is 1. The zero-order valence-electron chi connectivity index (χ0n) is 14.7. The maximum atomic E-state index is 13.3. The number of benzene rings is 2. The van der Waals surface area contributed by atoms with Crippen molar-refractivity contribution in [2.75, 3.05) is 4.90 Å². The highest BCUT2D eigenvalue weighted by molar-refractivity contribution is 6.07. The summed E-state index contributed by atoms with van der Waals surface area (Å²) in [4.78, 5) is 26.0. The van der Waals surface area contributed by atoms with Crippen LogP contribution in [0, 0.1) is 6.92 Å². The topological polar surface area (TPSA) is 49.4 Å². The van der Waals surface area contributed by atoms with Crippen molar-refractivity contribution in [2.45, 2.75) is 26.1 Å². The van der Waals surface area contributed by atoms with Gasteiger partial charge >= 0.3 is 12.2 Å². The Balaban J connectivity index is 2.17. The standard InChI is InChI=1S/C20H17F3N2O2/c1-12-8-10-15(11-9-12)25-13(2)16(18(26)20(21,22)23)17(24-19(25)27)14-6-4-3-5-7-14/h3-11,17H,1-2H3,(H,24,27)/t17-/m0/s1. The number of carbonyl (C=O) groups is 2. The quantitative estimate of drug-likeness (QED) is 0.849. The fourth-order valence-electron chi connectivity index (χ4n) is 3.09. The Morgan fingerprint density at radius 3 is 2.15 bits per heavy atom. The van der Waals surface area contributed by atoms with E-state index in [1.54, 1.807) is 54.6 Å². The number of ketones is 1. The number of rotatable bonds is 3. The van der Waals surface area contributed by atoms with Crippen molar-refractivity contribution in [3.63, 3.8) is 0 Å². The first kappa shape index (κ1) is 18.7. The van der Waals surface area contributed by atoms with Crippen molar-refractivity contribution in [1.82, 2.24) is 5.32 Å². The van der Waals surface area contributed by atoms with Crippen LogP contribution in [0.3, 0.4) is 0 Å². The number of nitrogens with one attached hydrogen (secondary N) is 1. The maximum Gasteiger partial charge on any atom is 0.454 e. The van der Waals surface area contributed by atoms with Crippen molar-refractivity contribution in [3.8, 4) is 0 Å². The second kappa shape index (κ2) is 6.90. The van der Waals surface area contributed by atoms with Gasteiger partial charge in [0, 0.05) is 5.70 Å². The molecular weight excluding hydrogens is 357 g/mol. The summed E-state index contributed by atoms with van der Waals surface area (Å²) in [7, 11) is 0. The molecule has 27 heavy (non-hydrogen) atoms. The van der Waals surface area contributed by atoms with Gasteiger partial charge in [-0.05, 0) is 31.5 Å². The summed E-state index contributed by atoms with van der Waals surface area (Å²) < 4.78 is 39.8. The Kier molecular flexibility index (Phi) is 4.78. The maximum absolute atomic E-state index is 13.3. The molecule has 7 heteroatoms. The molecule has 1 N–H and O–H groups in total. The van der Waals surface area contributed by atoms with Crippen LogP contribution in [0.1, 0.15) is 24.1 Å². The average Bonchev–Trinajstić information content (AvgIpc) is 2.62. The number of carbonyl (C=O) groups excluding carboxylic acids is 2. The molecule has 3 rings (SSSR count). The van der Waals surface area contributed by atoms with Gasteiger partial charge in [0.25, 0.3) is 5.78 Å². The summed E-state index contributed by atoms with van der Waals surface area (Å²) in [6.07, 6.45) is -5.05. The molecule has 0 fully saturated rings. The minimum atomic E-state index is -5.05. The van der Waals surface area contributed by atoms with Gasteiger partial charge in [0.15, 0.2) is 0 Å². The van der Waals surface area contributed by atoms with Crippen LogP contribution in [-0.4, -0.2) is 18.0 Å². The number of aryl methyl sites for hydroxylation is 1. The Morgan fingerprint density at radius 2 is 1.59 bits per heavy atom. The average molecular weight is 374 g/mol. The number of halogens is 3. The molecule has 0 saturated heterocycles. The third kappa shape index (κ3) is 3.58. The molecule has 0 saturated carbocycles. The van der Waals surface area contributed by atoms with Gasteiger partial charge < -0.3 is 5.32 Å². The second-order valence-corrected chi connectivity index (χ2v) is 6.29. The fraction of sp³-hybridized carbons (Fsp3) is 0.200. The summed E-state index contributed by atoms with van der Waals surface area (Å²) in [5, 5.41) is 2.54. The van der Waals surface area contributed by atoms with E-state index in [9.17, 15) is 22.8 Å². The van der Waals surface area contributed by atoms with Gasteiger partial charge in [-0.3, -0.25) is 9.69 Å². The summed E-state index contributed by atoms with van der Waals surface area (Å²) in [6, 6.07) is 13.1. The lowest BCUT2D eigenvalue weighted by molar-refractivity contribution is -0.167. The van der Waals surface area contributed by atoms with Gasteiger partial charge in [-0.1, -0.05) is 48.0 Å². The minimum Gasteiger partial charge on any atom is -0.326 e. The Labute approximate surface area is 154 Å². The summed E-state index contributed by atoms with van der Waals surface area (Å²) in [5.74, 6) is -1.97. The normalized spacial score (nSPS) is 17.7. The lowest BCUT2D eigenvalue weighted by Gasteiger charge is -2.36. The molecule has 1 atom stereocenters. The highest BCUT2D eigenvalue weighted by atomic mass is 19.4. The smallest absolute Gasteiger partial charge is 0.326 e. The molecule has 2 aromatic carbocycles. The molecule has 1 heterocycles. The van der Waals surface area contributed by atoms with E-state index < -0.39 is 29.6 Å². The first-order valence-corrected chi connectivity index (χ1v) is 8.24. The first-order chi connectivity index (χ1) is 12.7. The number of hydrogen-bond acceptors (Lipinski definition) is 2. The van der Waals surface area contributed by atoms with E-state index in [0.29, 0.717) is 11.3 Å². The molecule has 1 aliphatic rings. The molecule has 0 bridgehead atoms. The SMILES string of the molecule is CC1=C(C(=O)C(F)(F)F)[C@H](c2ccccc2)NC(=O)N1c1ccc(C)cc1. The number of anilines is 1. The van der Waals surface area contributed by atoms with Crippen LogP contribution in [0.5, 0.6) is 0 Å². The number of allylic oxidation sites excluding steroid dienone is 1. The lowest BCUT2D eigenvalue weighted by Crippen LogP contribution is -2.49. The molecule has 0 unspecified atom stereocenters. The molecule has 2 amide bonds. The van der Waals surface area contributed by atoms with E-state index in [1.165, 1.54) is 6.92 Å². The zero-order chi connectivity index (χ0) is 19.8.